The molecular weight excluding hydrogens is 443 g/mol. The van der Waals surface area contributed by atoms with Crippen LogP contribution in [0, 0.1) is 15.9 Å². The van der Waals surface area contributed by atoms with Gasteiger partial charge in [0, 0.05) is 30.4 Å². The molecule has 1 aliphatic heterocycles. The summed E-state index contributed by atoms with van der Waals surface area (Å²) < 4.78 is 25.8. The molecule has 0 amide bonds. The Labute approximate surface area is 186 Å². The number of para-hydroxylation sites is 1. The Balaban J connectivity index is 1.94. The predicted molar refractivity (Wildman–Crippen MR) is 117 cm³/mol. The molecule has 0 saturated carbocycles. The maximum absolute atomic E-state index is 15.7. The number of anilines is 3. The number of aromatic nitrogens is 1. The summed E-state index contributed by atoms with van der Waals surface area (Å²) in [5.41, 5.74) is -0.711. The first-order valence-electron chi connectivity index (χ1n) is 9.64. The Hall–Kier alpha value is -3.50. The molecule has 3 aromatic rings. The van der Waals surface area contributed by atoms with Gasteiger partial charge in [0.15, 0.2) is 11.5 Å². The molecule has 1 fully saturated rings. The van der Waals surface area contributed by atoms with Crippen molar-refractivity contribution in [3.8, 4) is 0 Å². The van der Waals surface area contributed by atoms with Crippen LogP contribution >= 0.6 is 11.6 Å². The summed E-state index contributed by atoms with van der Waals surface area (Å²) in [6.45, 7) is 1.45. The number of carbonyl (C=O) groups excluding carboxylic acids is 1. The standard InChI is InChI=1S/C21H18ClFN4O5/c1-31-21(28)13-11-16(26-7-9-32-10-8-26)17(23)19(20(13)27(29)30)25-15-5-6-24-18-12(15)3-2-4-14(18)22/h2-6,11H,7-10H2,1H3,(H,24,25). The van der Waals surface area contributed by atoms with Crippen molar-refractivity contribution in [2.45, 2.75) is 0 Å². The Kier molecular flexibility index (Phi) is 6.06. The smallest absolute Gasteiger partial charge is 0.345 e. The number of nitro groups is 1. The van der Waals surface area contributed by atoms with Crippen molar-refractivity contribution in [2.24, 2.45) is 0 Å². The lowest BCUT2D eigenvalue weighted by Gasteiger charge is -2.30. The average Bonchev–Trinajstić information content (AvgIpc) is 2.80. The number of nitro benzene ring substituents is 1. The largest absolute Gasteiger partial charge is 0.465 e. The Morgan fingerprint density at radius 3 is 2.78 bits per heavy atom. The molecule has 9 nitrogen and oxygen atoms in total. The number of hydrogen-bond donors (Lipinski definition) is 1. The van der Waals surface area contributed by atoms with Crippen molar-refractivity contribution >= 4 is 51.2 Å². The number of rotatable bonds is 5. The fourth-order valence-corrected chi connectivity index (χ4v) is 3.85. The monoisotopic (exact) mass is 460 g/mol. The van der Waals surface area contributed by atoms with Gasteiger partial charge in [0.2, 0.25) is 0 Å². The second-order valence-electron chi connectivity index (χ2n) is 6.95. The number of morpholine rings is 1. The van der Waals surface area contributed by atoms with Crippen LogP contribution < -0.4 is 10.2 Å². The van der Waals surface area contributed by atoms with Gasteiger partial charge in [-0.25, -0.2) is 9.18 Å². The van der Waals surface area contributed by atoms with Gasteiger partial charge in [-0.3, -0.25) is 15.1 Å². The minimum absolute atomic E-state index is 0.0400. The van der Waals surface area contributed by atoms with Gasteiger partial charge >= 0.3 is 11.7 Å². The van der Waals surface area contributed by atoms with E-state index in [0.29, 0.717) is 47.9 Å². The Bertz CT molecular complexity index is 1220. The van der Waals surface area contributed by atoms with Gasteiger partial charge in [-0.15, -0.1) is 0 Å². The zero-order valence-corrected chi connectivity index (χ0v) is 17.7. The van der Waals surface area contributed by atoms with E-state index in [-0.39, 0.29) is 11.3 Å². The normalized spacial score (nSPS) is 13.8. The summed E-state index contributed by atoms with van der Waals surface area (Å²) in [7, 11) is 1.11. The number of halogens is 2. The molecule has 0 unspecified atom stereocenters. The highest BCUT2D eigenvalue weighted by Gasteiger charge is 2.33. The number of methoxy groups -OCH3 is 1. The van der Waals surface area contributed by atoms with Gasteiger partial charge in [-0.1, -0.05) is 23.7 Å². The van der Waals surface area contributed by atoms with Crippen molar-refractivity contribution in [2.75, 3.05) is 43.6 Å². The molecule has 0 atom stereocenters. The second kappa shape index (κ2) is 8.93. The summed E-state index contributed by atoms with van der Waals surface area (Å²) in [5, 5.41) is 15.7. The summed E-state index contributed by atoms with van der Waals surface area (Å²) >= 11 is 6.21. The van der Waals surface area contributed by atoms with Crippen LogP contribution in [-0.2, 0) is 9.47 Å². The van der Waals surface area contributed by atoms with Crippen LogP contribution in [0.5, 0.6) is 0 Å². The lowest BCUT2D eigenvalue weighted by Crippen LogP contribution is -2.37. The van der Waals surface area contributed by atoms with Crippen molar-refractivity contribution in [1.82, 2.24) is 4.98 Å². The number of nitrogens with one attached hydrogen (secondary N) is 1. The SMILES string of the molecule is COC(=O)c1cc(N2CCOCC2)c(F)c(Nc2ccnc3c(Cl)cccc23)c1[N+](=O)[O-]. The van der Waals surface area contributed by atoms with Crippen LogP contribution in [0.4, 0.5) is 27.1 Å². The maximum Gasteiger partial charge on any atom is 0.345 e. The molecule has 1 aliphatic rings. The lowest BCUT2D eigenvalue weighted by molar-refractivity contribution is -0.384. The highest BCUT2D eigenvalue weighted by atomic mass is 35.5. The van der Waals surface area contributed by atoms with Gasteiger partial charge in [0.05, 0.1) is 41.5 Å². The minimum atomic E-state index is -0.947. The molecule has 1 N–H and O–H groups in total. The van der Waals surface area contributed by atoms with E-state index in [1.54, 1.807) is 29.2 Å². The molecule has 2 heterocycles. The van der Waals surface area contributed by atoms with E-state index in [9.17, 15) is 14.9 Å². The molecule has 2 aromatic carbocycles. The van der Waals surface area contributed by atoms with Crippen LogP contribution in [0.1, 0.15) is 10.4 Å². The van der Waals surface area contributed by atoms with E-state index in [1.807, 2.05) is 0 Å². The maximum atomic E-state index is 15.7. The first-order chi connectivity index (χ1) is 15.4. The molecule has 0 radical (unpaired) electrons. The number of pyridine rings is 1. The van der Waals surface area contributed by atoms with E-state index >= 15 is 4.39 Å². The summed E-state index contributed by atoms with van der Waals surface area (Å²) in [6.07, 6.45) is 1.45. The first kappa shape index (κ1) is 21.7. The minimum Gasteiger partial charge on any atom is -0.465 e. The van der Waals surface area contributed by atoms with Crippen molar-refractivity contribution in [3.63, 3.8) is 0 Å². The quantitative estimate of drug-likeness (QED) is 0.341. The molecule has 0 aliphatic carbocycles. The lowest BCUT2D eigenvalue weighted by atomic mass is 10.1. The van der Waals surface area contributed by atoms with E-state index in [1.165, 1.54) is 6.20 Å². The Morgan fingerprint density at radius 1 is 1.34 bits per heavy atom. The number of nitrogens with zero attached hydrogens (tertiary/aromatic N) is 3. The molecule has 4 rings (SSSR count). The van der Waals surface area contributed by atoms with Crippen molar-refractivity contribution in [3.05, 3.63) is 63.0 Å². The molecule has 0 spiro atoms. The molecular formula is C21H18ClFN4O5. The summed E-state index contributed by atoms with van der Waals surface area (Å²) in [5.74, 6) is -1.81. The van der Waals surface area contributed by atoms with Crippen LogP contribution in [0.25, 0.3) is 10.9 Å². The third kappa shape index (κ3) is 3.90. The average molecular weight is 461 g/mol. The van der Waals surface area contributed by atoms with Crippen LogP contribution in [0.2, 0.25) is 5.02 Å². The fraction of sp³-hybridized carbons (Fsp3) is 0.238. The number of fused-ring (bicyclic) bond motifs is 1. The van der Waals surface area contributed by atoms with Crippen LogP contribution in [0.15, 0.2) is 36.5 Å². The highest BCUT2D eigenvalue weighted by molar-refractivity contribution is 6.35. The zero-order valence-electron chi connectivity index (χ0n) is 16.9. The highest BCUT2D eigenvalue weighted by Crippen LogP contribution is 2.41. The van der Waals surface area contributed by atoms with Gasteiger partial charge in [-0.2, -0.15) is 0 Å². The van der Waals surface area contributed by atoms with Crippen LogP contribution in [0.3, 0.4) is 0 Å². The summed E-state index contributed by atoms with van der Waals surface area (Å²) in [4.78, 5) is 29.4. The zero-order chi connectivity index (χ0) is 22.8. The van der Waals surface area contributed by atoms with E-state index in [0.717, 1.165) is 13.2 Å². The molecule has 32 heavy (non-hydrogen) atoms. The number of ether oxygens (including phenoxy) is 2. The molecule has 0 bridgehead atoms. The topological polar surface area (TPSA) is 107 Å². The molecule has 1 aromatic heterocycles. The number of hydrogen-bond acceptors (Lipinski definition) is 8. The van der Waals surface area contributed by atoms with Gasteiger partial charge in [0.1, 0.15) is 5.56 Å². The van der Waals surface area contributed by atoms with E-state index in [4.69, 9.17) is 21.1 Å². The number of esters is 1. The van der Waals surface area contributed by atoms with E-state index < -0.39 is 28.1 Å². The number of carbonyl (C=O) groups is 1. The van der Waals surface area contributed by atoms with Gasteiger partial charge < -0.3 is 19.7 Å². The molecule has 1 saturated heterocycles. The third-order valence-electron chi connectivity index (χ3n) is 5.14. The Morgan fingerprint density at radius 2 is 2.09 bits per heavy atom. The molecule has 166 valence electrons. The summed E-state index contributed by atoms with van der Waals surface area (Å²) in [6, 6.07) is 7.73. The van der Waals surface area contributed by atoms with Crippen molar-refractivity contribution in [1.29, 1.82) is 0 Å². The van der Waals surface area contributed by atoms with Gasteiger partial charge in [0.25, 0.3) is 0 Å². The van der Waals surface area contributed by atoms with Crippen LogP contribution in [-0.4, -0.2) is 49.3 Å². The fourth-order valence-electron chi connectivity index (χ4n) is 3.62. The first-order valence-corrected chi connectivity index (χ1v) is 10.0. The number of benzene rings is 2. The molecule has 11 heteroatoms. The predicted octanol–water partition coefficient (Wildman–Crippen LogP) is 4.30. The van der Waals surface area contributed by atoms with Gasteiger partial charge in [-0.05, 0) is 18.2 Å². The third-order valence-corrected chi connectivity index (χ3v) is 5.44. The van der Waals surface area contributed by atoms with Crippen molar-refractivity contribution < 1.29 is 23.6 Å². The second-order valence-corrected chi connectivity index (χ2v) is 7.36. The van der Waals surface area contributed by atoms with E-state index in [2.05, 4.69) is 10.3 Å².